The summed E-state index contributed by atoms with van der Waals surface area (Å²) < 4.78 is 0. The number of hydrogen-bond donors (Lipinski definition) is 2. The van der Waals surface area contributed by atoms with Crippen molar-refractivity contribution < 1.29 is 10.2 Å². The molecule has 0 saturated heterocycles. The second-order valence-corrected chi connectivity index (χ2v) is 6.72. The molecule has 22 heavy (non-hydrogen) atoms. The Hall–Kier alpha value is -2.22. The summed E-state index contributed by atoms with van der Waals surface area (Å²) in [4.78, 5) is 0. The second-order valence-electron chi connectivity index (χ2n) is 6.72. The number of aromatic hydroxyl groups is 2. The van der Waals surface area contributed by atoms with Crippen LogP contribution in [0.1, 0.15) is 36.1 Å². The molecule has 0 radical (unpaired) electrons. The van der Waals surface area contributed by atoms with E-state index in [4.69, 9.17) is 0 Å². The van der Waals surface area contributed by atoms with Crippen molar-refractivity contribution in [3.8, 4) is 11.5 Å². The van der Waals surface area contributed by atoms with E-state index in [1.165, 1.54) is 33.4 Å². The van der Waals surface area contributed by atoms with Crippen molar-refractivity contribution in [2.24, 2.45) is 11.8 Å². The van der Waals surface area contributed by atoms with E-state index in [9.17, 15) is 10.2 Å². The van der Waals surface area contributed by atoms with Gasteiger partial charge in [0.1, 0.15) is 11.5 Å². The number of benzene rings is 2. The third-order valence-electron chi connectivity index (χ3n) is 5.09. The van der Waals surface area contributed by atoms with E-state index in [0.717, 1.165) is 12.8 Å². The monoisotopic (exact) mass is 292 g/mol. The van der Waals surface area contributed by atoms with Crippen LogP contribution in [0, 0.1) is 11.8 Å². The highest BCUT2D eigenvalue weighted by Crippen LogP contribution is 2.49. The third-order valence-corrected chi connectivity index (χ3v) is 5.09. The van der Waals surface area contributed by atoms with Gasteiger partial charge in [0.2, 0.25) is 0 Å². The lowest BCUT2D eigenvalue weighted by atomic mass is 9.68. The minimum Gasteiger partial charge on any atom is -0.508 e. The van der Waals surface area contributed by atoms with Crippen LogP contribution < -0.4 is 0 Å². The van der Waals surface area contributed by atoms with Crippen molar-refractivity contribution >= 4 is 11.1 Å². The van der Waals surface area contributed by atoms with E-state index in [1.54, 1.807) is 12.1 Å². The highest BCUT2D eigenvalue weighted by atomic mass is 16.3. The summed E-state index contributed by atoms with van der Waals surface area (Å²) in [6.07, 6.45) is 1.91. The van der Waals surface area contributed by atoms with Gasteiger partial charge in [-0.2, -0.15) is 0 Å². The average molecular weight is 292 g/mol. The topological polar surface area (TPSA) is 40.5 Å². The summed E-state index contributed by atoms with van der Waals surface area (Å²) in [5, 5.41) is 19.6. The van der Waals surface area contributed by atoms with Crippen LogP contribution in [0.25, 0.3) is 11.1 Å². The fourth-order valence-corrected chi connectivity index (χ4v) is 4.24. The molecule has 0 fully saturated rings. The van der Waals surface area contributed by atoms with E-state index >= 15 is 0 Å². The second kappa shape index (κ2) is 4.64. The molecule has 0 heterocycles. The Labute approximate surface area is 130 Å². The highest BCUT2D eigenvalue weighted by molar-refractivity contribution is 5.97. The molecule has 0 aromatic heterocycles. The molecule has 0 unspecified atom stereocenters. The van der Waals surface area contributed by atoms with Crippen LogP contribution in [0.15, 0.2) is 36.4 Å². The lowest BCUT2D eigenvalue weighted by molar-refractivity contribution is 0.472. The fraction of sp³-hybridized carbons (Fsp3) is 0.300. The zero-order chi connectivity index (χ0) is 15.4. The van der Waals surface area contributed by atoms with E-state index < -0.39 is 0 Å². The van der Waals surface area contributed by atoms with Gasteiger partial charge in [-0.05, 0) is 82.3 Å². The van der Waals surface area contributed by atoms with Crippen molar-refractivity contribution in [1.29, 1.82) is 0 Å². The first-order valence-corrected chi connectivity index (χ1v) is 7.93. The molecular formula is C20H20O2. The molecule has 0 aliphatic heterocycles. The summed E-state index contributed by atoms with van der Waals surface area (Å²) in [6, 6.07) is 11.5. The van der Waals surface area contributed by atoms with E-state index in [2.05, 4.69) is 26.0 Å². The number of allylic oxidation sites excluding steroid dienone is 2. The number of fused-ring (bicyclic) bond motifs is 4. The van der Waals surface area contributed by atoms with Gasteiger partial charge < -0.3 is 10.2 Å². The normalized spacial score (nSPS) is 22.8. The van der Waals surface area contributed by atoms with Crippen LogP contribution in [0.5, 0.6) is 11.5 Å². The minimum absolute atomic E-state index is 0.351. The number of hydrogen-bond acceptors (Lipinski definition) is 2. The van der Waals surface area contributed by atoms with Gasteiger partial charge in [-0.3, -0.25) is 0 Å². The maximum Gasteiger partial charge on any atom is 0.115 e. The Balaban J connectivity index is 2.00. The van der Waals surface area contributed by atoms with Crippen LogP contribution in [0.4, 0.5) is 0 Å². The molecule has 0 spiro atoms. The molecule has 2 aromatic rings. The summed E-state index contributed by atoms with van der Waals surface area (Å²) in [5.41, 5.74) is 7.92. The van der Waals surface area contributed by atoms with Crippen LogP contribution >= 0.6 is 0 Å². The van der Waals surface area contributed by atoms with E-state index in [1.807, 2.05) is 12.1 Å². The molecule has 112 valence electrons. The van der Waals surface area contributed by atoms with E-state index in [0.29, 0.717) is 23.3 Å². The van der Waals surface area contributed by atoms with Gasteiger partial charge in [-0.25, -0.2) is 0 Å². The maximum atomic E-state index is 9.78. The van der Waals surface area contributed by atoms with Gasteiger partial charge in [-0.1, -0.05) is 26.0 Å². The number of rotatable bonds is 0. The first-order chi connectivity index (χ1) is 10.5. The van der Waals surface area contributed by atoms with Crippen LogP contribution in [0.3, 0.4) is 0 Å². The Morgan fingerprint density at radius 1 is 0.727 bits per heavy atom. The molecule has 2 aliphatic carbocycles. The highest BCUT2D eigenvalue weighted by Gasteiger charge is 2.33. The molecule has 2 nitrogen and oxygen atoms in total. The zero-order valence-corrected chi connectivity index (χ0v) is 12.9. The largest absolute Gasteiger partial charge is 0.508 e. The van der Waals surface area contributed by atoms with Crippen molar-refractivity contribution in [3.63, 3.8) is 0 Å². The quantitative estimate of drug-likeness (QED) is 0.756. The van der Waals surface area contributed by atoms with Gasteiger partial charge in [0, 0.05) is 0 Å². The lowest BCUT2D eigenvalue weighted by Crippen LogP contribution is -2.22. The maximum absolute atomic E-state index is 9.78. The first-order valence-electron chi connectivity index (χ1n) is 7.93. The number of phenols is 2. The smallest absolute Gasteiger partial charge is 0.115 e. The van der Waals surface area contributed by atoms with Crippen molar-refractivity contribution in [3.05, 3.63) is 58.7 Å². The van der Waals surface area contributed by atoms with Crippen LogP contribution in [-0.4, -0.2) is 10.2 Å². The molecule has 2 N–H and O–H groups in total. The lowest BCUT2D eigenvalue weighted by Gasteiger charge is -2.36. The van der Waals surface area contributed by atoms with Crippen molar-refractivity contribution in [1.82, 2.24) is 0 Å². The predicted molar refractivity (Wildman–Crippen MR) is 88.8 cm³/mol. The minimum atomic E-state index is 0.351. The van der Waals surface area contributed by atoms with Gasteiger partial charge in [0.25, 0.3) is 0 Å². The molecular weight excluding hydrogens is 272 g/mol. The number of phenolic OH excluding ortho intramolecular Hbond substituents is 2. The van der Waals surface area contributed by atoms with Crippen molar-refractivity contribution in [2.75, 3.05) is 0 Å². The summed E-state index contributed by atoms with van der Waals surface area (Å²) >= 11 is 0. The molecule has 0 amide bonds. The molecule has 2 atom stereocenters. The summed E-state index contributed by atoms with van der Waals surface area (Å²) in [7, 11) is 0. The van der Waals surface area contributed by atoms with Crippen molar-refractivity contribution in [2.45, 2.75) is 26.7 Å². The molecule has 2 aliphatic rings. The van der Waals surface area contributed by atoms with Crippen LogP contribution in [-0.2, 0) is 12.8 Å². The molecule has 2 aromatic carbocycles. The molecule has 2 heteroatoms. The predicted octanol–water partition coefficient (Wildman–Crippen LogP) is 4.39. The zero-order valence-electron chi connectivity index (χ0n) is 12.9. The van der Waals surface area contributed by atoms with Gasteiger partial charge in [0.15, 0.2) is 0 Å². The first kappa shape index (κ1) is 13.4. The van der Waals surface area contributed by atoms with Gasteiger partial charge in [-0.15, -0.1) is 0 Å². The third kappa shape index (κ3) is 1.87. The Kier molecular flexibility index (Phi) is 2.83. The summed E-state index contributed by atoms with van der Waals surface area (Å²) in [6.45, 7) is 4.52. The van der Waals surface area contributed by atoms with Gasteiger partial charge in [0.05, 0.1) is 0 Å². The molecule has 0 bridgehead atoms. The van der Waals surface area contributed by atoms with E-state index in [-0.39, 0.29) is 0 Å². The molecule has 4 rings (SSSR count). The Bertz CT molecular complexity index is 734. The fourth-order valence-electron chi connectivity index (χ4n) is 4.24. The SMILES string of the molecule is C[C@H]1Cc2cc(O)ccc2C2=C1c1ccc(O)cc1C[C@@H]2C. The Morgan fingerprint density at radius 2 is 1.14 bits per heavy atom. The standard InChI is InChI=1S/C20H20O2/c1-11-7-13-9-15(21)4-6-18(13)20-12(2)8-14-10-16(22)3-5-17(14)19(11)20/h3-6,9-12,21-22H,7-8H2,1-2H3/t11-,12-/m0/s1. The summed E-state index contributed by atoms with van der Waals surface area (Å²) in [5.74, 6) is 1.55. The van der Waals surface area contributed by atoms with Crippen LogP contribution in [0.2, 0.25) is 0 Å². The Morgan fingerprint density at radius 3 is 1.55 bits per heavy atom. The molecule has 0 saturated carbocycles. The van der Waals surface area contributed by atoms with Gasteiger partial charge >= 0.3 is 0 Å². The average Bonchev–Trinajstić information content (AvgIpc) is 2.46.